The molecule has 3 rings (SSSR count). The van der Waals surface area contributed by atoms with Crippen molar-refractivity contribution in [1.29, 1.82) is 0 Å². The summed E-state index contributed by atoms with van der Waals surface area (Å²) in [6, 6.07) is 9.51. The van der Waals surface area contributed by atoms with Crippen LogP contribution >= 0.6 is 15.9 Å². The highest BCUT2D eigenvalue weighted by Crippen LogP contribution is 2.35. The van der Waals surface area contributed by atoms with E-state index >= 15 is 0 Å². The third-order valence-corrected chi connectivity index (χ3v) is 4.31. The van der Waals surface area contributed by atoms with Crippen LogP contribution in [0.25, 0.3) is 6.08 Å². The van der Waals surface area contributed by atoms with Crippen LogP contribution in [0.15, 0.2) is 46.9 Å². The van der Waals surface area contributed by atoms with Gasteiger partial charge in [0.25, 0.3) is 5.69 Å². The van der Waals surface area contributed by atoms with Gasteiger partial charge in [0.2, 0.25) is 0 Å². The Morgan fingerprint density at radius 2 is 1.96 bits per heavy atom. The van der Waals surface area contributed by atoms with Crippen LogP contribution in [0, 0.1) is 10.1 Å². The molecule has 1 aliphatic rings. The lowest BCUT2D eigenvalue weighted by molar-refractivity contribution is -0.384. The smallest absolute Gasteiger partial charge is 0.331 e. The molecule has 0 unspecified atom stereocenters. The maximum absolute atomic E-state index is 11.9. The number of nitro groups is 1. The molecule has 0 atom stereocenters. The van der Waals surface area contributed by atoms with Gasteiger partial charge in [0, 0.05) is 28.2 Å². The van der Waals surface area contributed by atoms with E-state index in [-0.39, 0.29) is 12.3 Å². The highest BCUT2D eigenvalue weighted by Gasteiger charge is 2.15. The average molecular weight is 420 g/mol. The molecule has 0 N–H and O–H groups in total. The number of rotatable bonds is 5. The van der Waals surface area contributed by atoms with E-state index in [1.807, 2.05) is 0 Å². The first kappa shape index (κ1) is 17.9. The van der Waals surface area contributed by atoms with Crippen LogP contribution < -0.4 is 9.47 Å². The summed E-state index contributed by atoms with van der Waals surface area (Å²) in [5.41, 5.74) is 1.24. The lowest BCUT2D eigenvalue weighted by Crippen LogP contribution is -2.15. The molecule has 1 aliphatic heterocycles. The molecule has 0 spiro atoms. The normalized spacial score (nSPS) is 12.8. The van der Waals surface area contributed by atoms with Crippen LogP contribution in [0.4, 0.5) is 5.69 Å². The minimum Gasteiger partial charge on any atom is -0.486 e. The molecule has 7 nitrogen and oxygen atoms in total. The molecule has 0 radical (unpaired) electrons. The van der Waals surface area contributed by atoms with Gasteiger partial charge in [-0.25, -0.2) is 4.79 Å². The Bertz CT molecular complexity index is 880. The van der Waals surface area contributed by atoms with Gasteiger partial charge in [0.05, 0.1) is 4.92 Å². The summed E-state index contributed by atoms with van der Waals surface area (Å²) in [6.07, 6.45) is 2.69. The summed E-state index contributed by atoms with van der Waals surface area (Å²) in [6.45, 7) is 1.02. The van der Waals surface area contributed by atoms with Crippen LogP contribution in [0.3, 0.4) is 0 Å². The Hall–Kier alpha value is -2.87. The van der Waals surface area contributed by atoms with Crippen molar-refractivity contribution in [3.8, 4) is 11.5 Å². The predicted molar refractivity (Wildman–Crippen MR) is 97.1 cm³/mol. The maximum Gasteiger partial charge on any atom is 0.331 e. The molecule has 26 heavy (non-hydrogen) atoms. The number of nitrogens with zero attached hydrogens (tertiary/aromatic N) is 1. The molecule has 1 heterocycles. The largest absolute Gasteiger partial charge is 0.486 e. The summed E-state index contributed by atoms with van der Waals surface area (Å²) in [4.78, 5) is 22.2. The van der Waals surface area contributed by atoms with E-state index in [1.165, 1.54) is 24.3 Å². The zero-order valence-electron chi connectivity index (χ0n) is 13.5. The fourth-order valence-corrected chi connectivity index (χ4v) is 2.76. The summed E-state index contributed by atoms with van der Waals surface area (Å²) in [5, 5.41) is 10.8. The Labute approximate surface area is 157 Å². The first-order chi connectivity index (χ1) is 12.5. The van der Waals surface area contributed by atoms with Crippen LogP contribution in [-0.4, -0.2) is 24.1 Å². The minimum atomic E-state index is -0.557. The fourth-order valence-electron chi connectivity index (χ4n) is 2.32. The average Bonchev–Trinajstić information content (AvgIpc) is 2.65. The Kier molecular flexibility index (Phi) is 5.52. The van der Waals surface area contributed by atoms with Crippen molar-refractivity contribution in [2.75, 3.05) is 13.2 Å². The molecule has 8 heteroatoms. The molecule has 0 fully saturated rings. The number of carbonyl (C=O) groups excluding carboxylic acids is 1. The summed E-state index contributed by atoms with van der Waals surface area (Å²) >= 11 is 3.41. The standard InChI is InChI=1S/C18H14BrNO6/c19-15-10-17-16(24-6-7-25-17)9-13(15)11-26-18(21)5-4-12-2-1-3-14(8-12)20(22)23/h1-5,8-10H,6-7,11H2. The number of nitro benzene ring substituents is 1. The second-order valence-corrected chi connectivity index (χ2v) is 6.23. The van der Waals surface area contributed by atoms with Crippen molar-refractivity contribution in [2.24, 2.45) is 0 Å². The highest BCUT2D eigenvalue weighted by atomic mass is 79.9. The van der Waals surface area contributed by atoms with Gasteiger partial charge in [0.1, 0.15) is 19.8 Å². The van der Waals surface area contributed by atoms with Gasteiger partial charge in [-0.15, -0.1) is 0 Å². The number of benzene rings is 2. The number of non-ortho nitro benzene ring substituents is 1. The van der Waals surface area contributed by atoms with E-state index in [0.717, 1.165) is 10.0 Å². The number of esters is 1. The third kappa shape index (κ3) is 4.40. The molecular formula is C18H14BrNO6. The molecule has 0 saturated heterocycles. The molecule has 0 bridgehead atoms. The van der Waals surface area contributed by atoms with Crippen LogP contribution in [-0.2, 0) is 16.1 Å². The second kappa shape index (κ2) is 8.01. The maximum atomic E-state index is 11.9. The van der Waals surface area contributed by atoms with Crippen LogP contribution in [0.5, 0.6) is 11.5 Å². The van der Waals surface area contributed by atoms with Crippen molar-refractivity contribution >= 4 is 33.7 Å². The van der Waals surface area contributed by atoms with Crippen molar-refractivity contribution < 1.29 is 23.9 Å². The quantitative estimate of drug-likeness (QED) is 0.316. The van der Waals surface area contributed by atoms with E-state index < -0.39 is 10.9 Å². The van der Waals surface area contributed by atoms with E-state index in [1.54, 1.807) is 24.3 Å². The summed E-state index contributed by atoms with van der Waals surface area (Å²) in [7, 11) is 0. The molecule has 0 amide bonds. The summed E-state index contributed by atoms with van der Waals surface area (Å²) < 4.78 is 16.9. The third-order valence-electron chi connectivity index (χ3n) is 3.57. The van der Waals surface area contributed by atoms with E-state index in [2.05, 4.69) is 15.9 Å². The van der Waals surface area contributed by atoms with Gasteiger partial charge in [-0.2, -0.15) is 0 Å². The molecular weight excluding hydrogens is 406 g/mol. The summed E-state index contributed by atoms with van der Waals surface area (Å²) in [5.74, 6) is 0.694. The molecule has 0 aliphatic carbocycles. The number of carbonyl (C=O) groups is 1. The number of halogens is 1. The number of hydrogen-bond acceptors (Lipinski definition) is 6. The van der Waals surface area contributed by atoms with Gasteiger partial charge in [-0.3, -0.25) is 10.1 Å². The predicted octanol–water partition coefficient (Wildman–Crippen LogP) is 3.89. The number of hydrogen-bond donors (Lipinski definition) is 0. The monoisotopic (exact) mass is 419 g/mol. The van der Waals surface area contributed by atoms with Crippen molar-refractivity contribution in [3.05, 3.63) is 68.2 Å². The number of ether oxygens (including phenoxy) is 3. The first-order valence-electron chi connectivity index (χ1n) is 7.70. The molecule has 0 saturated carbocycles. The van der Waals surface area contributed by atoms with Gasteiger partial charge in [-0.05, 0) is 23.8 Å². The Morgan fingerprint density at radius 1 is 1.23 bits per heavy atom. The number of fused-ring (bicyclic) bond motifs is 1. The van der Waals surface area contributed by atoms with Gasteiger partial charge in [0.15, 0.2) is 11.5 Å². The van der Waals surface area contributed by atoms with Crippen LogP contribution in [0.1, 0.15) is 11.1 Å². The first-order valence-corrected chi connectivity index (χ1v) is 8.49. The van der Waals surface area contributed by atoms with Crippen molar-refractivity contribution in [2.45, 2.75) is 6.61 Å². The lowest BCUT2D eigenvalue weighted by Gasteiger charge is -2.19. The SMILES string of the molecule is O=C(C=Cc1cccc([N+](=O)[O-])c1)OCc1cc2c(cc1Br)OCCO2. The molecule has 134 valence electrons. The van der Waals surface area contributed by atoms with Crippen LogP contribution in [0.2, 0.25) is 0 Å². The van der Waals surface area contributed by atoms with E-state index in [4.69, 9.17) is 14.2 Å². The van der Waals surface area contributed by atoms with Crippen molar-refractivity contribution in [3.63, 3.8) is 0 Å². The van der Waals surface area contributed by atoms with Gasteiger partial charge < -0.3 is 14.2 Å². The zero-order chi connectivity index (χ0) is 18.5. The zero-order valence-corrected chi connectivity index (χ0v) is 15.1. The molecule has 2 aromatic carbocycles. The van der Waals surface area contributed by atoms with Crippen molar-refractivity contribution in [1.82, 2.24) is 0 Å². The molecule has 0 aromatic heterocycles. The fraction of sp³-hybridized carbons (Fsp3) is 0.167. The topological polar surface area (TPSA) is 87.9 Å². The molecule has 2 aromatic rings. The Balaban J connectivity index is 1.62. The van der Waals surface area contributed by atoms with E-state index in [9.17, 15) is 14.9 Å². The van der Waals surface area contributed by atoms with E-state index in [0.29, 0.717) is 30.3 Å². The minimum absolute atomic E-state index is 0.0410. The van der Waals surface area contributed by atoms with Gasteiger partial charge >= 0.3 is 5.97 Å². The highest BCUT2D eigenvalue weighted by molar-refractivity contribution is 9.10. The second-order valence-electron chi connectivity index (χ2n) is 5.38. The van der Waals surface area contributed by atoms with Gasteiger partial charge in [-0.1, -0.05) is 28.1 Å². The lowest BCUT2D eigenvalue weighted by atomic mass is 10.2. The Morgan fingerprint density at radius 3 is 2.69 bits per heavy atom.